The van der Waals surface area contributed by atoms with E-state index in [4.69, 9.17) is 15.2 Å². The van der Waals surface area contributed by atoms with Crippen molar-refractivity contribution < 1.29 is 9.47 Å². The van der Waals surface area contributed by atoms with Crippen molar-refractivity contribution in [1.82, 2.24) is 0 Å². The minimum absolute atomic E-state index is 0.141. The predicted octanol–water partition coefficient (Wildman–Crippen LogP) is 0.957. The molecule has 0 aliphatic carbocycles. The maximum atomic E-state index is 5.58. The second-order valence-corrected chi connectivity index (χ2v) is 3.15. The fourth-order valence-corrected chi connectivity index (χ4v) is 1.56. The van der Waals surface area contributed by atoms with Crippen LogP contribution in [0, 0.1) is 0 Å². The van der Waals surface area contributed by atoms with Crippen LogP contribution < -0.4 is 15.2 Å². The van der Waals surface area contributed by atoms with E-state index in [-0.39, 0.29) is 6.10 Å². The van der Waals surface area contributed by atoms with Gasteiger partial charge >= 0.3 is 0 Å². The zero-order valence-electron chi connectivity index (χ0n) is 7.62. The first-order chi connectivity index (χ1) is 6.33. The summed E-state index contributed by atoms with van der Waals surface area (Å²) in [6, 6.07) is 5.84. The Kier molecular flexibility index (Phi) is 2.10. The van der Waals surface area contributed by atoms with Gasteiger partial charge < -0.3 is 15.2 Å². The molecule has 0 bridgehead atoms. The maximum absolute atomic E-state index is 5.58. The summed E-state index contributed by atoms with van der Waals surface area (Å²) in [5, 5.41) is 0. The Morgan fingerprint density at radius 2 is 2.46 bits per heavy atom. The smallest absolute Gasteiger partial charge is 0.123 e. The quantitative estimate of drug-likeness (QED) is 0.735. The lowest BCUT2D eigenvalue weighted by Crippen LogP contribution is -2.24. The minimum Gasteiger partial charge on any atom is -0.497 e. The average molecular weight is 179 g/mol. The second-order valence-electron chi connectivity index (χ2n) is 3.15. The molecule has 0 saturated carbocycles. The van der Waals surface area contributed by atoms with Gasteiger partial charge in [-0.15, -0.1) is 0 Å². The van der Waals surface area contributed by atoms with E-state index in [0.717, 1.165) is 17.9 Å². The lowest BCUT2D eigenvalue weighted by molar-refractivity contribution is 0.241. The molecular weight excluding hydrogens is 166 g/mol. The molecule has 3 nitrogen and oxygen atoms in total. The summed E-state index contributed by atoms with van der Waals surface area (Å²) in [4.78, 5) is 0. The second kappa shape index (κ2) is 3.26. The summed E-state index contributed by atoms with van der Waals surface area (Å²) in [5.41, 5.74) is 6.72. The van der Waals surface area contributed by atoms with Crippen molar-refractivity contribution in [3.63, 3.8) is 0 Å². The Labute approximate surface area is 77.5 Å². The van der Waals surface area contributed by atoms with E-state index in [1.807, 2.05) is 18.2 Å². The van der Waals surface area contributed by atoms with E-state index in [0.29, 0.717) is 6.54 Å². The number of ether oxygens (including phenoxy) is 2. The predicted molar refractivity (Wildman–Crippen MR) is 50.2 cm³/mol. The molecule has 0 fully saturated rings. The topological polar surface area (TPSA) is 44.5 Å². The van der Waals surface area contributed by atoms with Gasteiger partial charge in [-0.3, -0.25) is 0 Å². The highest BCUT2D eigenvalue weighted by Gasteiger charge is 2.21. The first-order valence-electron chi connectivity index (χ1n) is 4.37. The summed E-state index contributed by atoms with van der Waals surface area (Å²) in [5.74, 6) is 1.82. The highest BCUT2D eigenvalue weighted by Crippen LogP contribution is 2.31. The van der Waals surface area contributed by atoms with E-state index in [2.05, 4.69) is 0 Å². The molecule has 0 saturated heterocycles. The Hall–Kier alpha value is -1.22. The number of hydrogen-bond acceptors (Lipinski definition) is 3. The third-order valence-corrected chi connectivity index (χ3v) is 2.27. The maximum Gasteiger partial charge on any atom is 0.123 e. The summed E-state index contributed by atoms with van der Waals surface area (Å²) in [6.07, 6.45) is 1.03. The average Bonchev–Trinajstić information content (AvgIpc) is 2.58. The van der Waals surface area contributed by atoms with E-state index >= 15 is 0 Å². The van der Waals surface area contributed by atoms with Crippen molar-refractivity contribution in [3.8, 4) is 11.5 Å². The SMILES string of the molecule is COc1ccc2c(c1)C[C@@H](CN)O2. The third kappa shape index (κ3) is 1.47. The Morgan fingerprint density at radius 1 is 1.62 bits per heavy atom. The molecular formula is C10H13NO2. The van der Waals surface area contributed by atoms with Crippen LogP contribution >= 0.6 is 0 Å². The molecule has 0 amide bonds. The first kappa shape index (κ1) is 8.38. The molecule has 1 aliphatic rings. The number of benzene rings is 1. The monoisotopic (exact) mass is 179 g/mol. The van der Waals surface area contributed by atoms with Gasteiger partial charge in [0.1, 0.15) is 17.6 Å². The van der Waals surface area contributed by atoms with Gasteiger partial charge in [0.25, 0.3) is 0 Å². The van der Waals surface area contributed by atoms with Gasteiger partial charge in [0.15, 0.2) is 0 Å². The van der Waals surface area contributed by atoms with Gasteiger partial charge in [-0.2, -0.15) is 0 Å². The highest BCUT2D eigenvalue weighted by atomic mass is 16.5. The van der Waals surface area contributed by atoms with Crippen LogP contribution in [0.4, 0.5) is 0 Å². The lowest BCUT2D eigenvalue weighted by atomic mass is 10.1. The van der Waals surface area contributed by atoms with Crippen LogP contribution in [0.15, 0.2) is 18.2 Å². The molecule has 0 unspecified atom stereocenters. The van der Waals surface area contributed by atoms with Gasteiger partial charge in [-0.25, -0.2) is 0 Å². The van der Waals surface area contributed by atoms with Crippen LogP contribution in [-0.2, 0) is 6.42 Å². The van der Waals surface area contributed by atoms with Crippen LogP contribution in [0.25, 0.3) is 0 Å². The highest BCUT2D eigenvalue weighted by molar-refractivity contribution is 5.43. The van der Waals surface area contributed by atoms with Crippen LogP contribution in [0.3, 0.4) is 0 Å². The molecule has 0 spiro atoms. The summed E-state index contributed by atoms with van der Waals surface area (Å²) in [7, 11) is 1.66. The molecule has 1 aromatic rings. The van der Waals surface area contributed by atoms with Crippen molar-refractivity contribution in [2.75, 3.05) is 13.7 Å². The van der Waals surface area contributed by atoms with Gasteiger partial charge in [0, 0.05) is 18.5 Å². The molecule has 1 aromatic carbocycles. The standard InChI is InChI=1S/C10H13NO2/c1-12-8-2-3-10-7(4-8)5-9(6-11)13-10/h2-4,9H,5-6,11H2,1H3/t9-/m0/s1. The minimum atomic E-state index is 0.141. The Morgan fingerprint density at radius 3 is 3.15 bits per heavy atom. The van der Waals surface area contributed by atoms with Gasteiger partial charge in [-0.1, -0.05) is 0 Å². The summed E-state index contributed by atoms with van der Waals surface area (Å²) < 4.78 is 10.7. The molecule has 1 heterocycles. The van der Waals surface area contributed by atoms with Gasteiger partial charge in [0.2, 0.25) is 0 Å². The van der Waals surface area contributed by atoms with Crippen LogP contribution in [-0.4, -0.2) is 19.8 Å². The number of hydrogen-bond donors (Lipinski definition) is 1. The van der Waals surface area contributed by atoms with Crippen molar-refractivity contribution in [2.24, 2.45) is 5.73 Å². The molecule has 3 heteroatoms. The molecule has 1 aliphatic heterocycles. The zero-order chi connectivity index (χ0) is 9.26. The fourth-order valence-electron chi connectivity index (χ4n) is 1.56. The van der Waals surface area contributed by atoms with Crippen LogP contribution in [0.5, 0.6) is 11.5 Å². The Bertz CT molecular complexity index is 312. The third-order valence-electron chi connectivity index (χ3n) is 2.27. The van der Waals surface area contributed by atoms with Crippen LogP contribution in [0.2, 0.25) is 0 Å². The van der Waals surface area contributed by atoms with Crippen LogP contribution in [0.1, 0.15) is 5.56 Å². The molecule has 1 atom stereocenters. The van der Waals surface area contributed by atoms with E-state index < -0.39 is 0 Å². The number of fused-ring (bicyclic) bond motifs is 1. The molecule has 13 heavy (non-hydrogen) atoms. The summed E-state index contributed by atoms with van der Waals surface area (Å²) in [6.45, 7) is 0.566. The first-order valence-corrected chi connectivity index (χ1v) is 4.37. The molecule has 2 N–H and O–H groups in total. The van der Waals surface area contributed by atoms with Crippen molar-refractivity contribution in [2.45, 2.75) is 12.5 Å². The number of methoxy groups -OCH3 is 1. The van der Waals surface area contributed by atoms with Gasteiger partial charge in [0.05, 0.1) is 7.11 Å². The molecule has 70 valence electrons. The lowest BCUT2D eigenvalue weighted by Gasteiger charge is -2.05. The van der Waals surface area contributed by atoms with E-state index in [1.165, 1.54) is 5.56 Å². The fraction of sp³-hybridized carbons (Fsp3) is 0.400. The number of nitrogens with two attached hydrogens (primary N) is 1. The van der Waals surface area contributed by atoms with Gasteiger partial charge in [-0.05, 0) is 18.2 Å². The summed E-state index contributed by atoms with van der Waals surface area (Å²) >= 11 is 0. The largest absolute Gasteiger partial charge is 0.497 e. The van der Waals surface area contributed by atoms with E-state index in [9.17, 15) is 0 Å². The van der Waals surface area contributed by atoms with Crippen molar-refractivity contribution in [3.05, 3.63) is 23.8 Å². The van der Waals surface area contributed by atoms with Crippen molar-refractivity contribution >= 4 is 0 Å². The molecule has 2 rings (SSSR count). The number of rotatable bonds is 2. The molecule has 0 aromatic heterocycles. The van der Waals surface area contributed by atoms with Crippen molar-refractivity contribution in [1.29, 1.82) is 0 Å². The normalized spacial score (nSPS) is 19.4. The zero-order valence-corrected chi connectivity index (χ0v) is 7.62. The Balaban J connectivity index is 2.25. The van der Waals surface area contributed by atoms with E-state index in [1.54, 1.807) is 7.11 Å². The molecule has 0 radical (unpaired) electrons.